The van der Waals surface area contributed by atoms with Gasteiger partial charge in [-0.1, -0.05) is 12.1 Å². The summed E-state index contributed by atoms with van der Waals surface area (Å²) in [5.41, 5.74) is 5.58. The molecule has 0 saturated carbocycles. The number of nitrogens with two attached hydrogens (primary N) is 1. The van der Waals surface area contributed by atoms with Crippen molar-refractivity contribution in [1.82, 2.24) is 4.31 Å². The maximum Gasteiger partial charge on any atom is 0.244 e. The highest BCUT2D eigenvalue weighted by molar-refractivity contribution is 9.10. The summed E-state index contributed by atoms with van der Waals surface area (Å²) in [5.74, 6) is 0.285. The molecule has 0 aliphatic carbocycles. The lowest BCUT2D eigenvalue weighted by molar-refractivity contribution is 0.459. The molecule has 1 atom stereocenters. The normalized spacial score (nSPS) is 20.7. The van der Waals surface area contributed by atoms with E-state index in [9.17, 15) is 8.42 Å². The summed E-state index contributed by atoms with van der Waals surface area (Å²) in [6, 6.07) is 6.89. The molecule has 0 aromatic heterocycles. The lowest BCUT2D eigenvalue weighted by Gasteiger charge is -2.17. The molecule has 2 N–H and O–H groups in total. The highest BCUT2D eigenvalue weighted by Gasteiger charge is 2.32. The largest absolute Gasteiger partial charge is 0.330 e. The van der Waals surface area contributed by atoms with E-state index in [1.54, 1.807) is 24.3 Å². The zero-order chi connectivity index (χ0) is 12.5. The molecule has 1 aliphatic rings. The second-order valence-electron chi connectivity index (χ2n) is 4.18. The van der Waals surface area contributed by atoms with E-state index in [0.717, 1.165) is 6.42 Å². The van der Waals surface area contributed by atoms with E-state index in [1.165, 1.54) is 4.31 Å². The standard InChI is InChI=1S/C11H15BrN2O2S.ClH/c12-10-3-1-2-4-11(10)17(15,16)14-6-5-9(7-13)8-14;/h1-4,9H,5-8,13H2;1H. The molecular formula is C11H16BrClN2O2S. The van der Waals surface area contributed by atoms with Gasteiger partial charge in [-0.15, -0.1) is 12.4 Å². The van der Waals surface area contributed by atoms with E-state index in [1.807, 2.05) is 0 Å². The third-order valence-corrected chi connectivity index (χ3v) is 5.91. The number of hydrogen-bond acceptors (Lipinski definition) is 3. The fourth-order valence-corrected chi connectivity index (χ4v) is 4.50. The number of benzene rings is 1. The smallest absolute Gasteiger partial charge is 0.244 e. The summed E-state index contributed by atoms with van der Waals surface area (Å²) < 4.78 is 26.9. The first kappa shape index (κ1) is 15.9. The van der Waals surface area contributed by atoms with Gasteiger partial charge in [0.15, 0.2) is 0 Å². The molecule has 1 fully saturated rings. The first-order valence-corrected chi connectivity index (χ1v) is 7.73. The van der Waals surface area contributed by atoms with Crippen LogP contribution in [0, 0.1) is 5.92 Å². The number of halogens is 2. The van der Waals surface area contributed by atoms with E-state index in [-0.39, 0.29) is 18.3 Å². The first-order chi connectivity index (χ1) is 8.05. The molecule has 0 bridgehead atoms. The average Bonchev–Trinajstić information content (AvgIpc) is 2.78. The van der Waals surface area contributed by atoms with Gasteiger partial charge in [-0.2, -0.15) is 4.31 Å². The molecule has 1 unspecified atom stereocenters. The molecule has 4 nitrogen and oxygen atoms in total. The van der Waals surface area contributed by atoms with Gasteiger partial charge < -0.3 is 5.73 Å². The molecule has 2 rings (SSSR count). The molecule has 1 saturated heterocycles. The van der Waals surface area contributed by atoms with Gasteiger partial charge in [0.05, 0.1) is 4.90 Å². The lowest BCUT2D eigenvalue weighted by atomic mass is 10.1. The third-order valence-electron chi connectivity index (χ3n) is 3.04. The number of hydrogen-bond donors (Lipinski definition) is 1. The number of sulfonamides is 1. The maximum absolute atomic E-state index is 12.4. The van der Waals surface area contributed by atoms with Gasteiger partial charge in [0.25, 0.3) is 0 Å². The van der Waals surface area contributed by atoms with Crippen LogP contribution in [-0.4, -0.2) is 32.4 Å². The van der Waals surface area contributed by atoms with Crippen LogP contribution in [0.3, 0.4) is 0 Å². The van der Waals surface area contributed by atoms with Crippen LogP contribution in [0.5, 0.6) is 0 Å². The Kier molecular flexibility index (Phi) is 5.61. The molecular weight excluding hydrogens is 340 g/mol. The predicted molar refractivity (Wildman–Crippen MR) is 77.3 cm³/mol. The van der Waals surface area contributed by atoms with Crippen LogP contribution in [0.2, 0.25) is 0 Å². The molecule has 7 heteroatoms. The predicted octanol–water partition coefficient (Wildman–Crippen LogP) is 1.84. The van der Waals surface area contributed by atoms with Gasteiger partial charge in [0.1, 0.15) is 0 Å². The minimum absolute atomic E-state index is 0. The topological polar surface area (TPSA) is 63.4 Å². The fraction of sp³-hybridized carbons (Fsp3) is 0.455. The fourth-order valence-electron chi connectivity index (χ4n) is 2.00. The minimum Gasteiger partial charge on any atom is -0.330 e. The van der Waals surface area contributed by atoms with E-state index in [2.05, 4.69) is 15.9 Å². The van der Waals surface area contributed by atoms with E-state index in [4.69, 9.17) is 5.73 Å². The highest BCUT2D eigenvalue weighted by Crippen LogP contribution is 2.28. The molecule has 0 spiro atoms. The minimum atomic E-state index is -3.38. The van der Waals surface area contributed by atoms with E-state index >= 15 is 0 Å². The Morgan fingerprint density at radius 2 is 2.06 bits per heavy atom. The van der Waals surface area contributed by atoms with Crippen LogP contribution in [0.4, 0.5) is 0 Å². The highest BCUT2D eigenvalue weighted by atomic mass is 79.9. The Morgan fingerprint density at radius 1 is 1.39 bits per heavy atom. The van der Waals surface area contributed by atoms with Crippen LogP contribution >= 0.6 is 28.3 Å². The lowest BCUT2D eigenvalue weighted by Crippen LogP contribution is -2.30. The molecule has 18 heavy (non-hydrogen) atoms. The van der Waals surface area contributed by atoms with Crippen LogP contribution in [0.25, 0.3) is 0 Å². The Bertz CT molecular complexity index is 510. The molecule has 1 aliphatic heterocycles. The second-order valence-corrected chi connectivity index (χ2v) is 6.94. The molecule has 0 amide bonds. The van der Waals surface area contributed by atoms with Crippen molar-refractivity contribution < 1.29 is 8.42 Å². The van der Waals surface area contributed by atoms with Gasteiger partial charge in [-0.05, 0) is 46.9 Å². The molecule has 1 aromatic carbocycles. The summed E-state index contributed by atoms with van der Waals surface area (Å²) in [4.78, 5) is 0.331. The summed E-state index contributed by atoms with van der Waals surface area (Å²) in [6.45, 7) is 1.63. The van der Waals surface area contributed by atoms with Gasteiger partial charge in [0.2, 0.25) is 10.0 Å². The Hall–Kier alpha value is -0.140. The van der Waals surface area contributed by atoms with Crippen LogP contribution in [0.15, 0.2) is 33.6 Å². The van der Waals surface area contributed by atoms with Crippen LogP contribution < -0.4 is 5.73 Å². The van der Waals surface area contributed by atoms with Crippen LogP contribution in [0.1, 0.15) is 6.42 Å². The zero-order valence-electron chi connectivity index (χ0n) is 9.75. The van der Waals surface area contributed by atoms with Crippen LogP contribution in [-0.2, 0) is 10.0 Å². The Morgan fingerprint density at radius 3 is 2.61 bits per heavy atom. The molecule has 0 radical (unpaired) electrons. The van der Waals surface area contributed by atoms with Crippen molar-refractivity contribution >= 4 is 38.4 Å². The van der Waals surface area contributed by atoms with Crippen molar-refractivity contribution in [3.63, 3.8) is 0 Å². The number of rotatable bonds is 3. The van der Waals surface area contributed by atoms with Gasteiger partial charge >= 0.3 is 0 Å². The second kappa shape index (κ2) is 6.34. The van der Waals surface area contributed by atoms with Crippen molar-refractivity contribution in [2.75, 3.05) is 19.6 Å². The van der Waals surface area contributed by atoms with Gasteiger partial charge in [-0.25, -0.2) is 8.42 Å². The number of nitrogens with zero attached hydrogens (tertiary/aromatic N) is 1. The summed E-state index contributed by atoms with van der Waals surface area (Å²) in [5, 5.41) is 0. The van der Waals surface area contributed by atoms with Crippen molar-refractivity contribution in [2.45, 2.75) is 11.3 Å². The monoisotopic (exact) mass is 354 g/mol. The molecule has 1 aromatic rings. The van der Waals surface area contributed by atoms with Crippen molar-refractivity contribution in [3.05, 3.63) is 28.7 Å². The SMILES string of the molecule is Cl.NCC1CCN(S(=O)(=O)c2ccccc2Br)C1. The van der Waals surface area contributed by atoms with E-state index < -0.39 is 10.0 Å². The summed E-state index contributed by atoms with van der Waals surface area (Å²) in [6.07, 6.45) is 0.847. The Labute approximate surface area is 122 Å². The Balaban J connectivity index is 0.00000162. The quantitative estimate of drug-likeness (QED) is 0.900. The average molecular weight is 356 g/mol. The summed E-state index contributed by atoms with van der Waals surface area (Å²) >= 11 is 3.28. The van der Waals surface area contributed by atoms with Crippen molar-refractivity contribution in [1.29, 1.82) is 0 Å². The van der Waals surface area contributed by atoms with Crippen molar-refractivity contribution in [3.8, 4) is 0 Å². The van der Waals surface area contributed by atoms with Crippen molar-refractivity contribution in [2.24, 2.45) is 11.7 Å². The van der Waals surface area contributed by atoms with Gasteiger partial charge in [-0.3, -0.25) is 0 Å². The maximum atomic E-state index is 12.4. The first-order valence-electron chi connectivity index (χ1n) is 5.50. The van der Waals surface area contributed by atoms with Gasteiger partial charge in [0, 0.05) is 17.6 Å². The molecule has 1 heterocycles. The summed E-state index contributed by atoms with van der Waals surface area (Å²) in [7, 11) is -3.38. The van der Waals surface area contributed by atoms with E-state index in [0.29, 0.717) is 29.0 Å². The third kappa shape index (κ3) is 3.05. The molecule has 102 valence electrons. The zero-order valence-corrected chi connectivity index (χ0v) is 13.0.